The van der Waals surface area contributed by atoms with Gasteiger partial charge in [0.15, 0.2) is 6.29 Å². The molecule has 1 amide bonds. The second kappa shape index (κ2) is 14.4. The number of hydrogen-bond acceptors (Lipinski definition) is 8. The molecular weight excluding hydrogens is 550 g/mol. The molecule has 0 bridgehead atoms. The third-order valence-electron chi connectivity index (χ3n) is 6.60. The predicted octanol–water partition coefficient (Wildman–Crippen LogP) is 5.21. The molecule has 1 aliphatic heterocycles. The van der Waals surface area contributed by atoms with E-state index in [2.05, 4.69) is 10.3 Å². The van der Waals surface area contributed by atoms with E-state index in [1.54, 1.807) is 30.6 Å². The fourth-order valence-corrected chi connectivity index (χ4v) is 7.06. The first-order valence-corrected chi connectivity index (χ1v) is 16.1. The van der Waals surface area contributed by atoms with Gasteiger partial charge >= 0.3 is 6.09 Å². The van der Waals surface area contributed by atoms with Crippen LogP contribution in [-0.2, 0) is 30.7 Å². The summed E-state index contributed by atoms with van der Waals surface area (Å²) in [6.45, 7) is 7.30. The molecule has 1 fully saturated rings. The van der Waals surface area contributed by atoms with Crippen molar-refractivity contribution in [2.45, 2.75) is 69.8 Å². The van der Waals surface area contributed by atoms with Gasteiger partial charge in [0, 0.05) is 32.2 Å². The Balaban J connectivity index is 1.43. The zero-order chi connectivity index (χ0) is 28.5. The number of fused-ring (bicyclic) bond motifs is 1. The Morgan fingerprint density at radius 2 is 2.00 bits per heavy atom. The zero-order valence-corrected chi connectivity index (χ0v) is 25.0. The molecule has 1 saturated heterocycles. The molecule has 3 aromatic rings. The fraction of sp³-hybridized carbons (Fsp3) is 0.517. The Kier molecular flexibility index (Phi) is 10.9. The van der Waals surface area contributed by atoms with Crippen LogP contribution in [0.15, 0.2) is 58.9 Å². The molecular formula is C29H39N3O6S2. The van der Waals surface area contributed by atoms with Crippen LogP contribution in [0.4, 0.5) is 4.79 Å². The van der Waals surface area contributed by atoms with Crippen LogP contribution in [0, 0.1) is 5.92 Å². The van der Waals surface area contributed by atoms with Gasteiger partial charge < -0.3 is 19.5 Å². The van der Waals surface area contributed by atoms with E-state index in [1.807, 2.05) is 44.2 Å². The number of alkyl carbamates (subject to hydrolysis) is 1. The minimum atomic E-state index is -3.76. The summed E-state index contributed by atoms with van der Waals surface area (Å²) in [6.07, 6.45) is 1.50. The number of benzene rings is 2. The summed E-state index contributed by atoms with van der Waals surface area (Å²) in [6, 6.07) is 14.5. The molecule has 0 saturated carbocycles. The van der Waals surface area contributed by atoms with Crippen molar-refractivity contribution in [2.24, 2.45) is 5.92 Å². The molecule has 1 N–H and O–H groups in total. The lowest BCUT2D eigenvalue weighted by molar-refractivity contribution is -0.128. The minimum absolute atomic E-state index is 0.122. The monoisotopic (exact) mass is 589 g/mol. The number of carbonyl (C=O) groups is 1. The summed E-state index contributed by atoms with van der Waals surface area (Å²) in [5.41, 5.74) is 3.53. The maximum Gasteiger partial charge on any atom is 0.407 e. The molecule has 0 radical (unpaired) electrons. The summed E-state index contributed by atoms with van der Waals surface area (Å²) in [5.74, 6) is 0.122. The van der Waals surface area contributed by atoms with Gasteiger partial charge in [-0.3, -0.25) is 0 Å². The number of thiazole rings is 1. The molecule has 11 heteroatoms. The van der Waals surface area contributed by atoms with Gasteiger partial charge in [0.2, 0.25) is 10.0 Å². The van der Waals surface area contributed by atoms with Crippen molar-refractivity contribution in [1.29, 1.82) is 0 Å². The van der Waals surface area contributed by atoms with E-state index >= 15 is 0 Å². The standard InChI is InChI=1S/C29H39N3O6S2/c1-21(2)18-32(40(34,35)25-11-12-26-27(17-25)39-20-30-26)14-13-24(16-23-8-5-4-6-9-23)31-29(33)38-22(3)19-37-28-10-7-15-36-28/h4-6,8-9,11-12,17,20-22,24,28H,7,10,13-16,18-19H2,1-3H3,(H,31,33)/t22-,24-,28-/m1/s1. The molecule has 3 atom stereocenters. The highest BCUT2D eigenvalue weighted by atomic mass is 32.2. The average molecular weight is 590 g/mol. The third kappa shape index (κ3) is 8.71. The number of sulfonamides is 1. The number of rotatable bonds is 14. The first-order valence-electron chi connectivity index (χ1n) is 13.8. The van der Waals surface area contributed by atoms with Crippen molar-refractivity contribution >= 4 is 37.7 Å². The summed E-state index contributed by atoms with van der Waals surface area (Å²) >= 11 is 1.41. The molecule has 218 valence electrons. The number of nitrogens with one attached hydrogen (secondary N) is 1. The minimum Gasteiger partial charge on any atom is -0.444 e. The smallest absolute Gasteiger partial charge is 0.407 e. The lowest BCUT2D eigenvalue weighted by Crippen LogP contribution is -2.43. The highest BCUT2D eigenvalue weighted by Crippen LogP contribution is 2.25. The van der Waals surface area contributed by atoms with Gasteiger partial charge in [-0.2, -0.15) is 4.31 Å². The number of carbonyl (C=O) groups excluding carboxylic acids is 1. The van der Waals surface area contributed by atoms with Crippen molar-refractivity contribution in [1.82, 2.24) is 14.6 Å². The van der Waals surface area contributed by atoms with E-state index < -0.39 is 22.2 Å². The number of aromatic nitrogens is 1. The summed E-state index contributed by atoms with van der Waals surface area (Å²) in [4.78, 5) is 17.3. The highest BCUT2D eigenvalue weighted by Gasteiger charge is 2.27. The summed E-state index contributed by atoms with van der Waals surface area (Å²) in [7, 11) is -3.76. The maximum absolute atomic E-state index is 13.7. The Hall–Kier alpha value is -2.57. The molecule has 0 unspecified atom stereocenters. The zero-order valence-electron chi connectivity index (χ0n) is 23.3. The lowest BCUT2D eigenvalue weighted by atomic mass is 10.0. The Bertz CT molecular complexity index is 1330. The van der Waals surface area contributed by atoms with Crippen molar-refractivity contribution in [2.75, 3.05) is 26.3 Å². The Morgan fingerprint density at radius 1 is 1.20 bits per heavy atom. The number of ether oxygens (including phenoxy) is 3. The van der Waals surface area contributed by atoms with Crippen LogP contribution in [0.2, 0.25) is 0 Å². The Morgan fingerprint density at radius 3 is 2.73 bits per heavy atom. The van der Waals surface area contributed by atoms with E-state index in [0.29, 0.717) is 26.0 Å². The van der Waals surface area contributed by atoms with Gasteiger partial charge in [0.05, 0.1) is 27.2 Å². The molecule has 4 rings (SSSR count). The Labute approximate surface area is 240 Å². The van der Waals surface area contributed by atoms with Crippen LogP contribution in [0.25, 0.3) is 10.2 Å². The van der Waals surface area contributed by atoms with Gasteiger partial charge in [0.1, 0.15) is 6.10 Å². The first-order chi connectivity index (χ1) is 19.2. The van der Waals surface area contributed by atoms with Crippen molar-refractivity contribution in [3.8, 4) is 0 Å². The topological polar surface area (TPSA) is 107 Å². The lowest BCUT2D eigenvalue weighted by Gasteiger charge is -2.27. The summed E-state index contributed by atoms with van der Waals surface area (Å²) in [5, 5.41) is 2.97. The summed E-state index contributed by atoms with van der Waals surface area (Å²) < 4.78 is 46.5. The second-order valence-corrected chi connectivity index (χ2v) is 13.4. The van der Waals surface area contributed by atoms with E-state index in [-0.39, 0.29) is 36.3 Å². The van der Waals surface area contributed by atoms with Crippen molar-refractivity contribution < 1.29 is 27.4 Å². The van der Waals surface area contributed by atoms with Crippen LogP contribution < -0.4 is 5.32 Å². The van der Waals surface area contributed by atoms with Crippen LogP contribution in [0.5, 0.6) is 0 Å². The number of amides is 1. The molecule has 9 nitrogen and oxygen atoms in total. The molecule has 2 aromatic carbocycles. The van der Waals surface area contributed by atoms with Gasteiger partial charge in [0.25, 0.3) is 0 Å². The first kappa shape index (κ1) is 30.4. The van der Waals surface area contributed by atoms with E-state index in [4.69, 9.17) is 14.2 Å². The largest absolute Gasteiger partial charge is 0.444 e. The SMILES string of the molecule is CC(C)CN(CC[C@H](Cc1ccccc1)NC(=O)O[C@H](C)CO[C@@H]1CCCO1)S(=O)(=O)c1ccc2ncsc2c1. The highest BCUT2D eigenvalue weighted by molar-refractivity contribution is 7.89. The van der Waals surface area contributed by atoms with Gasteiger partial charge in [-0.25, -0.2) is 18.2 Å². The molecule has 1 aliphatic rings. The average Bonchev–Trinajstić information content (AvgIpc) is 3.61. The van der Waals surface area contributed by atoms with Gasteiger partial charge in [-0.1, -0.05) is 44.2 Å². The van der Waals surface area contributed by atoms with Crippen LogP contribution in [-0.4, -0.2) is 68.5 Å². The quantitative estimate of drug-likeness (QED) is 0.275. The molecule has 0 spiro atoms. The van der Waals surface area contributed by atoms with E-state index in [0.717, 1.165) is 28.6 Å². The van der Waals surface area contributed by atoms with Crippen molar-refractivity contribution in [3.05, 3.63) is 59.6 Å². The van der Waals surface area contributed by atoms with Crippen LogP contribution in [0.1, 0.15) is 45.6 Å². The van der Waals surface area contributed by atoms with Gasteiger partial charge in [-0.15, -0.1) is 11.3 Å². The van der Waals surface area contributed by atoms with Gasteiger partial charge in [-0.05, 0) is 55.9 Å². The van der Waals surface area contributed by atoms with Crippen LogP contribution >= 0.6 is 11.3 Å². The third-order valence-corrected chi connectivity index (χ3v) is 9.25. The predicted molar refractivity (Wildman–Crippen MR) is 156 cm³/mol. The molecule has 40 heavy (non-hydrogen) atoms. The number of hydrogen-bond donors (Lipinski definition) is 1. The van der Waals surface area contributed by atoms with Crippen molar-refractivity contribution in [3.63, 3.8) is 0 Å². The van der Waals surface area contributed by atoms with E-state index in [9.17, 15) is 13.2 Å². The van der Waals surface area contributed by atoms with E-state index in [1.165, 1.54) is 15.6 Å². The number of nitrogens with zero attached hydrogens (tertiary/aromatic N) is 2. The normalized spacial score (nSPS) is 17.4. The second-order valence-electron chi connectivity index (χ2n) is 10.6. The molecule has 1 aromatic heterocycles. The molecule has 0 aliphatic carbocycles. The fourth-order valence-electron chi connectivity index (χ4n) is 4.63. The van der Waals surface area contributed by atoms with Crippen LogP contribution in [0.3, 0.4) is 0 Å². The maximum atomic E-state index is 13.7. The molecule has 2 heterocycles.